The third-order valence-electron chi connectivity index (χ3n) is 2.76. The number of nitrogens with zero attached hydrogens (tertiary/aromatic N) is 1. The Morgan fingerprint density at radius 1 is 1.19 bits per heavy atom. The summed E-state index contributed by atoms with van der Waals surface area (Å²) in [5.74, 6) is -0.736. The quantitative estimate of drug-likeness (QED) is 0.774. The predicted molar refractivity (Wildman–Crippen MR) is 80.6 cm³/mol. The SMILES string of the molecule is COC(=O)c1ccc(CS(=O)(=O)c2ccc(Br)cc2)nc1. The molecule has 1 aromatic carbocycles. The van der Waals surface area contributed by atoms with Crippen molar-refractivity contribution in [1.29, 1.82) is 0 Å². The molecule has 110 valence electrons. The number of ether oxygens (including phenoxy) is 1. The number of sulfone groups is 1. The maximum atomic E-state index is 12.2. The maximum Gasteiger partial charge on any atom is 0.339 e. The summed E-state index contributed by atoms with van der Waals surface area (Å²) in [6.45, 7) is 0. The van der Waals surface area contributed by atoms with Gasteiger partial charge in [-0.3, -0.25) is 4.98 Å². The van der Waals surface area contributed by atoms with Crippen molar-refractivity contribution >= 4 is 31.7 Å². The van der Waals surface area contributed by atoms with E-state index >= 15 is 0 Å². The lowest BCUT2D eigenvalue weighted by Crippen LogP contribution is -2.08. The number of carbonyl (C=O) groups excluding carboxylic acids is 1. The summed E-state index contributed by atoms with van der Waals surface area (Å²) in [4.78, 5) is 15.5. The van der Waals surface area contributed by atoms with E-state index in [1.807, 2.05) is 0 Å². The Hall–Kier alpha value is -1.73. The molecule has 0 unspecified atom stereocenters. The minimum Gasteiger partial charge on any atom is -0.465 e. The Bertz CT molecular complexity index is 740. The summed E-state index contributed by atoms with van der Waals surface area (Å²) in [6, 6.07) is 9.39. The molecule has 5 nitrogen and oxygen atoms in total. The standard InChI is InChI=1S/C14H12BrNO4S/c1-20-14(17)10-2-5-12(16-8-10)9-21(18,19)13-6-3-11(15)4-7-13/h2-8H,9H2,1H3. The lowest BCUT2D eigenvalue weighted by Gasteiger charge is -2.05. The van der Waals surface area contributed by atoms with Gasteiger partial charge in [0.05, 0.1) is 29.0 Å². The molecule has 0 radical (unpaired) electrons. The summed E-state index contributed by atoms with van der Waals surface area (Å²) >= 11 is 3.26. The van der Waals surface area contributed by atoms with Crippen LogP contribution in [0.25, 0.3) is 0 Å². The molecule has 0 saturated heterocycles. The van der Waals surface area contributed by atoms with Gasteiger partial charge in [-0.1, -0.05) is 15.9 Å². The van der Waals surface area contributed by atoms with Gasteiger partial charge in [0.25, 0.3) is 0 Å². The molecular formula is C14H12BrNO4S. The Labute approximate surface area is 131 Å². The van der Waals surface area contributed by atoms with Gasteiger partial charge in [-0.05, 0) is 36.4 Å². The third-order valence-corrected chi connectivity index (χ3v) is 4.95. The van der Waals surface area contributed by atoms with E-state index < -0.39 is 15.8 Å². The second-order valence-electron chi connectivity index (χ2n) is 4.24. The molecule has 0 atom stereocenters. The van der Waals surface area contributed by atoms with Crippen molar-refractivity contribution in [3.8, 4) is 0 Å². The number of rotatable bonds is 4. The molecule has 0 fully saturated rings. The van der Waals surface area contributed by atoms with Crippen LogP contribution >= 0.6 is 15.9 Å². The van der Waals surface area contributed by atoms with Crippen molar-refractivity contribution in [3.63, 3.8) is 0 Å². The third kappa shape index (κ3) is 3.89. The number of hydrogen-bond donors (Lipinski definition) is 0. The number of esters is 1. The molecule has 0 N–H and O–H groups in total. The van der Waals surface area contributed by atoms with Crippen molar-refractivity contribution in [1.82, 2.24) is 4.98 Å². The monoisotopic (exact) mass is 369 g/mol. The number of hydrogen-bond acceptors (Lipinski definition) is 5. The van der Waals surface area contributed by atoms with Crippen LogP contribution in [0.5, 0.6) is 0 Å². The summed E-state index contributed by atoms with van der Waals surface area (Å²) in [5, 5.41) is 0. The van der Waals surface area contributed by atoms with Crippen molar-refractivity contribution in [2.75, 3.05) is 7.11 Å². The zero-order valence-electron chi connectivity index (χ0n) is 11.1. The highest BCUT2D eigenvalue weighted by Gasteiger charge is 2.16. The number of halogens is 1. The average molecular weight is 370 g/mol. The number of aromatic nitrogens is 1. The first-order chi connectivity index (χ1) is 9.92. The minimum absolute atomic E-state index is 0.226. The van der Waals surface area contributed by atoms with Crippen LogP contribution in [0.3, 0.4) is 0 Å². The maximum absolute atomic E-state index is 12.2. The highest BCUT2D eigenvalue weighted by atomic mass is 79.9. The molecule has 0 aliphatic heterocycles. The summed E-state index contributed by atoms with van der Waals surface area (Å²) < 4.78 is 29.8. The van der Waals surface area contributed by atoms with E-state index in [1.165, 1.54) is 37.6 Å². The molecule has 2 rings (SSSR count). The van der Waals surface area contributed by atoms with Crippen LogP contribution in [-0.4, -0.2) is 26.5 Å². The molecule has 7 heteroatoms. The van der Waals surface area contributed by atoms with Gasteiger partial charge < -0.3 is 4.74 Å². The van der Waals surface area contributed by atoms with Crippen LogP contribution in [0.1, 0.15) is 16.1 Å². The Balaban J connectivity index is 2.20. The number of methoxy groups -OCH3 is 1. The topological polar surface area (TPSA) is 73.3 Å². The average Bonchev–Trinajstić information content (AvgIpc) is 2.47. The second kappa shape index (κ2) is 6.36. The highest BCUT2D eigenvalue weighted by Crippen LogP contribution is 2.18. The Kier molecular flexibility index (Phi) is 4.74. The van der Waals surface area contributed by atoms with E-state index in [1.54, 1.807) is 12.1 Å². The van der Waals surface area contributed by atoms with Crippen molar-refractivity contribution < 1.29 is 17.9 Å². The van der Waals surface area contributed by atoms with E-state index in [0.717, 1.165) is 4.47 Å². The van der Waals surface area contributed by atoms with E-state index in [9.17, 15) is 13.2 Å². The van der Waals surface area contributed by atoms with Gasteiger partial charge in [0.1, 0.15) is 0 Å². The molecule has 0 bridgehead atoms. The Morgan fingerprint density at radius 2 is 1.86 bits per heavy atom. The second-order valence-corrected chi connectivity index (χ2v) is 7.15. The van der Waals surface area contributed by atoms with Gasteiger partial charge in [-0.15, -0.1) is 0 Å². The summed E-state index contributed by atoms with van der Waals surface area (Å²) in [6.07, 6.45) is 1.30. The van der Waals surface area contributed by atoms with Gasteiger partial charge >= 0.3 is 5.97 Å². The first-order valence-electron chi connectivity index (χ1n) is 5.94. The van der Waals surface area contributed by atoms with Crippen LogP contribution in [-0.2, 0) is 20.3 Å². The fraction of sp³-hybridized carbons (Fsp3) is 0.143. The van der Waals surface area contributed by atoms with Crippen LogP contribution in [0.15, 0.2) is 52.0 Å². The molecular weight excluding hydrogens is 358 g/mol. The molecule has 0 amide bonds. The molecule has 2 aromatic rings. The van der Waals surface area contributed by atoms with E-state index in [4.69, 9.17) is 0 Å². The van der Waals surface area contributed by atoms with Crippen molar-refractivity contribution in [2.45, 2.75) is 10.6 Å². The molecule has 0 aliphatic rings. The summed E-state index contributed by atoms with van der Waals surface area (Å²) in [7, 11) is -2.20. The van der Waals surface area contributed by atoms with Gasteiger partial charge in [-0.25, -0.2) is 13.2 Å². The first-order valence-corrected chi connectivity index (χ1v) is 8.38. The lowest BCUT2D eigenvalue weighted by atomic mass is 10.2. The molecule has 1 heterocycles. The van der Waals surface area contributed by atoms with Crippen molar-refractivity contribution in [2.24, 2.45) is 0 Å². The van der Waals surface area contributed by atoms with E-state index in [-0.39, 0.29) is 16.2 Å². The fourth-order valence-corrected chi connectivity index (χ4v) is 3.21. The van der Waals surface area contributed by atoms with Crippen LogP contribution in [0.4, 0.5) is 0 Å². The van der Waals surface area contributed by atoms with Gasteiger partial charge in [-0.2, -0.15) is 0 Å². The lowest BCUT2D eigenvalue weighted by molar-refractivity contribution is 0.0600. The predicted octanol–water partition coefficient (Wildman–Crippen LogP) is 2.60. The smallest absolute Gasteiger partial charge is 0.339 e. The Morgan fingerprint density at radius 3 is 2.38 bits per heavy atom. The highest BCUT2D eigenvalue weighted by molar-refractivity contribution is 9.10. The van der Waals surface area contributed by atoms with Gasteiger partial charge in [0, 0.05) is 10.7 Å². The summed E-state index contributed by atoms with van der Waals surface area (Å²) in [5.41, 5.74) is 0.646. The first kappa shape index (κ1) is 15.7. The minimum atomic E-state index is -3.47. The van der Waals surface area contributed by atoms with Crippen LogP contribution in [0, 0.1) is 0 Å². The largest absolute Gasteiger partial charge is 0.465 e. The zero-order valence-corrected chi connectivity index (χ0v) is 13.5. The fourth-order valence-electron chi connectivity index (χ4n) is 1.67. The molecule has 21 heavy (non-hydrogen) atoms. The molecule has 1 aromatic heterocycles. The van der Waals surface area contributed by atoms with Gasteiger partial charge in [0.15, 0.2) is 9.84 Å². The van der Waals surface area contributed by atoms with Crippen LogP contribution < -0.4 is 0 Å². The van der Waals surface area contributed by atoms with Crippen molar-refractivity contribution in [3.05, 3.63) is 58.3 Å². The zero-order chi connectivity index (χ0) is 15.5. The molecule has 0 spiro atoms. The number of benzene rings is 1. The number of carbonyl (C=O) groups is 1. The van der Waals surface area contributed by atoms with E-state index in [0.29, 0.717) is 5.69 Å². The molecule has 0 saturated carbocycles. The van der Waals surface area contributed by atoms with Gasteiger partial charge in [0.2, 0.25) is 0 Å². The number of pyridine rings is 1. The molecule has 0 aliphatic carbocycles. The van der Waals surface area contributed by atoms with E-state index in [2.05, 4.69) is 25.7 Å². The van der Waals surface area contributed by atoms with Crippen LogP contribution in [0.2, 0.25) is 0 Å². The normalized spacial score (nSPS) is 11.1.